The monoisotopic (exact) mass is 273 g/mol. The van der Waals surface area contributed by atoms with E-state index in [1.807, 2.05) is 6.92 Å². The molecular formula is C14H27NO2S. The Labute approximate surface area is 115 Å². The van der Waals surface area contributed by atoms with Gasteiger partial charge in [-0.25, -0.2) is 0 Å². The van der Waals surface area contributed by atoms with Crippen LogP contribution in [0.3, 0.4) is 0 Å². The summed E-state index contributed by atoms with van der Waals surface area (Å²) < 4.78 is 0. The SMILES string of the molecule is CCCCCCC(C)C(=O)NCC1(O)CCSC1. The molecular weight excluding hydrogens is 246 g/mol. The van der Waals surface area contributed by atoms with E-state index in [-0.39, 0.29) is 11.8 Å². The van der Waals surface area contributed by atoms with E-state index in [1.165, 1.54) is 19.3 Å². The summed E-state index contributed by atoms with van der Waals surface area (Å²) in [6.45, 7) is 4.59. The van der Waals surface area contributed by atoms with Crippen LogP contribution in [0.4, 0.5) is 0 Å². The van der Waals surface area contributed by atoms with E-state index in [2.05, 4.69) is 12.2 Å². The lowest BCUT2D eigenvalue weighted by molar-refractivity contribution is -0.125. The Bertz CT molecular complexity index is 252. The predicted octanol–water partition coefficient (Wildman–Crippen LogP) is 2.58. The van der Waals surface area contributed by atoms with E-state index in [1.54, 1.807) is 11.8 Å². The Hall–Kier alpha value is -0.220. The summed E-state index contributed by atoms with van der Waals surface area (Å²) in [5, 5.41) is 13.0. The van der Waals surface area contributed by atoms with Gasteiger partial charge in [-0.3, -0.25) is 4.79 Å². The summed E-state index contributed by atoms with van der Waals surface area (Å²) in [6, 6.07) is 0. The van der Waals surface area contributed by atoms with Gasteiger partial charge in [0.1, 0.15) is 0 Å². The number of unbranched alkanes of at least 4 members (excludes halogenated alkanes) is 3. The normalized spacial score (nSPS) is 25.1. The molecule has 0 aromatic rings. The van der Waals surface area contributed by atoms with Gasteiger partial charge < -0.3 is 10.4 Å². The van der Waals surface area contributed by atoms with Crippen LogP contribution in [-0.4, -0.2) is 34.7 Å². The van der Waals surface area contributed by atoms with Crippen LogP contribution in [0.2, 0.25) is 0 Å². The molecule has 0 saturated carbocycles. The summed E-state index contributed by atoms with van der Waals surface area (Å²) >= 11 is 1.76. The quantitative estimate of drug-likeness (QED) is 0.668. The highest BCUT2D eigenvalue weighted by Crippen LogP contribution is 2.27. The topological polar surface area (TPSA) is 49.3 Å². The first kappa shape index (κ1) is 15.8. The van der Waals surface area contributed by atoms with Gasteiger partial charge in [0.25, 0.3) is 0 Å². The number of aliphatic hydroxyl groups is 1. The second-order valence-electron chi connectivity index (χ2n) is 5.50. The fourth-order valence-corrected chi connectivity index (χ4v) is 3.47. The van der Waals surface area contributed by atoms with Crippen molar-refractivity contribution < 1.29 is 9.90 Å². The third kappa shape index (κ3) is 5.61. The van der Waals surface area contributed by atoms with Crippen molar-refractivity contribution in [3.63, 3.8) is 0 Å². The Morgan fingerprint density at radius 2 is 2.22 bits per heavy atom. The largest absolute Gasteiger partial charge is 0.387 e. The Balaban J connectivity index is 2.15. The number of amides is 1. The van der Waals surface area contributed by atoms with Gasteiger partial charge in [0.2, 0.25) is 5.91 Å². The van der Waals surface area contributed by atoms with Crippen LogP contribution in [0, 0.1) is 5.92 Å². The minimum atomic E-state index is -0.664. The fourth-order valence-electron chi connectivity index (χ4n) is 2.17. The van der Waals surface area contributed by atoms with E-state index in [4.69, 9.17) is 0 Å². The smallest absolute Gasteiger partial charge is 0.222 e. The molecule has 1 aliphatic rings. The minimum Gasteiger partial charge on any atom is -0.387 e. The van der Waals surface area contributed by atoms with E-state index >= 15 is 0 Å². The van der Waals surface area contributed by atoms with E-state index in [0.29, 0.717) is 6.54 Å². The van der Waals surface area contributed by atoms with Crippen LogP contribution in [0.15, 0.2) is 0 Å². The summed E-state index contributed by atoms with van der Waals surface area (Å²) in [4.78, 5) is 11.9. The first-order valence-corrected chi connectivity index (χ1v) is 8.31. The zero-order valence-corrected chi connectivity index (χ0v) is 12.5. The molecule has 1 amide bonds. The minimum absolute atomic E-state index is 0.0690. The van der Waals surface area contributed by atoms with Gasteiger partial charge >= 0.3 is 0 Å². The first-order chi connectivity index (χ1) is 8.57. The maximum Gasteiger partial charge on any atom is 0.222 e. The second kappa shape index (κ2) is 8.05. The molecule has 0 bridgehead atoms. The van der Waals surface area contributed by atoms with Crippen molar-refractivity contribution in [2.24, 2.45) is 5.92 Å². The highest BCUT2D eigenvalue weighted by atomic mass is 32.2. The molecule has 2 unspecified atom stereocenters. The molecule has 1 aliphatic heterocycles. The predicted molar refractivity (Wildman–Crippen MR) is 77.8 cm³/mol. The standard InChI is InChI=1S/C14H27NO2S/c1-3-4-5-6-7-12(2)13(16)15-10-14(17)8-9-18-11-14/h12,17H,3-11H2,1-2H3,(H,15,16). The maximum absolute atomic E-state index is 11.9. The highest BCUT2D eigenvalue weighted by molar-refractivity contribution is 7.99. The van der Waals surface area contributed by atoms with Crippen LogP contribution in [0.25, 0.3) is 0 Å². The van der Waals surface area contributed by atoms with Crippen molar-refractivity contribution >= 4 is 17.7 Å². The molecule has 0 aliphatic carbocycles. The van der Waals surface area contributed by atoms with Gasteiger partial charge in [-0.2, -0.15) is 11.8 Å². The van der Waals surface area contributed by atoms with Gasteiger partial charge in [0.05, 0.1) is 5.60 Å². The molecule has 0 radical (unpaired) electrons. The molecule has 2 N–H and O–H groups in total. The van der Waals surface area contributed by atoms with Gasteiger partial charge in [0.15, 0.2) is 0 Å². The van der Waals surface area contributed by atoms with Gasteiger partial charge in [-0.15, -0.1) is 0 Å². The molecule has 0 aromatic heterocycles. The molecule has 0 aromatic carbocycles. The van der Waals surface area contributed by atoms with Crippen LogP contribution in [0.1, 0.15) is 52.4 Å². The number of hydrogen-bond donors (Lipinski definition) is 2. The highest BCUT2D eigenvalue weighted by Gasteiger charge is 2.32. The Kier molecular flexibility index (Phi) is 7.08. The number of nitrogens with one attached hydrogen (secondary N) is 1. The lowest BCUT2D eigenvalue weighted by atomic mass is 10.0. The van der Waals surface area contributed by atoms with Gasteiger partial charge in [-0.05, 0) is 18.6 Å². The van der Waals surface area contributed by atoms with Crippen molar-refractivity contribution in [2.75, 3.05) is 18.1 Å². The first-order valence-electron chi connectivity index (χ1n) is 7.15. The van der Waals surface area contributed by atoms with E-state index in [9.17, 15) is 9.90 Å². The van der Waals surface area contributed by atoms with Gasteiger partial charge in [-0.1, -0.05) is 39.5 Å². The molecule has 18 heavy (non-hydrogen) atoms. The number of carbonyl (C=O) groups excluding carboxylic acids is 1. The molecule has 1 fully saturated rings. The third-order valence-corrected chi connectivity index (χ3v) is 4.85. The maximum atomic E-state index is 11.9. The average molecular weight is 273 g/mol. The lowest BCUT2D eigenvalue weighted by Crippen LogP contribution is -2.44. The van der Waals surface area contributed by atoms with Crippen molar-refractivity contribution in [3.8, 4) is 0 Å². The summed E-state index contributed by atoms with van der Waals surface area (Å²) in [5.41, 5.74) is -0.664. The van der Waals surface area contributed by atoms with Crippen molar-refractivity contribution in [1.82, 2.24) is 5.32 Å². The van der Waals surface area contributed by atoms with Crippen molar-refractivity contribution in [2.45, 2.75) is 58.0 Å². The zero-order valence-electron chi connectivity index (χ0n) is 11.7. The van der Waals surface area contributed by atoms with Crippen LogP contribution in [0.5, 0.6) is 0 Å². The molecule has 1 rings (SSSR count). The number of rotatable bonds is 8. The molecule has 2 atom stereocenters. The Morgan fingerprint density at radius 1 is 1.44 bits per heavy atom. The van der Waals surface area contributed by atoms with Crippen molar-refractivity contribution in [1.29, 1.82) is 0 Å². The molecule has 4 heteroatoms. The van der Waals surface area contributed by atoms with Crippen LogP contribution < -0.4 is 5.32 Å². The van der Waals surface area contributed by atoms with Gasteiger partial charge in [0, 0.05) is 18.2 Å². The fraction of sp³-hybridized carbons (Fsp3) is 0.929. The zero-order chi connectivity index (χ0) is 13.4. The summed E-state index contributed by atoms with van der Waals surface area (Å²) in [7, 11) is 0. The molecule has 3 nitrogen and oxygen atoms in total. The Morgan fingerprint density at radius 3 is 2.83 bits per heavy atom. The third-order valence-electron chi connectivity index (χ3n) is 3.61. The lowest BCUT2D eigenvalue weighted by Gasteiger charge is -2.22. The molecule has 1 heterocycles. The van der Waals surface area contributed by atoms with Crippen LogP contribution >= 0.6 is 11.8 Å². The number of hydrogen-bond acceptors (Lipinski definition) is 3. The average Bonchev–Trinajstić information content (AvgIpc) is 2.79. The number of thioether (sulfide) groups is 1. The summed E-state index contributed by atoms with van der Waals surface area (Å²) in [6.07, 6.45) is 6.58. The van der Waals surface area contributed by atoms with E-state index < -0.39 is 5.60 Å². The van der Waals surface area contributed by atoms with Crippen LogP contribution in [-0.2, 0) is 4.79 Å². The molecule has 1 saturated heterocycles. The van der Waals surface area contributed by atoms with E-state index in [0.717, 1.165) is 30.8 Å². The second-order valence-corrected chi connectivity index (χ2v) is 6.60. The molecule has 106 valence electrons. The summed E-state index contributed by atoms with van der Waals surface area (Å²) in [5.74, 6) is 1.91. The van der Waals surface area contributed by atoms with Crippen molar-refractivity contribution in [3.05, 3.63) is 0 Å². The number of carbonyl (C=O) groups is 1. The molecule has 0 spiro atoms.